The van der Waals surface area contributed by atoms with E-state index in [0.29, 0.717) is 16.6 Å². The van der Waals surface area contributed by atoms with Gasteiger partial charge in [0, 0.05) is 18.8 Å². The lowest BCUT2D eigenvalue weighted by Crippen LogP contribution is -2.37. The summed E-state index contributed by atoms with van der Waals surface area (Å²) >= 11 is 5.84. The van der Waals surface area contributed by atoms with Crippen LogP contribution in [0.15, 0.2) is 71.5 Å². The third-order valence-corrected chi connectivity index (χ3v) is 5.88. The summed E-state index contributed by atoms with van der Waals surface area (Å²) in [5, 5.41) is 14.1. The average molecular weight is 496 g/mol. The Balaban J connectivity index is 1.74. The predicted molar refractivity (Wildman–Crippen MR) is 131 cm³/mol. The molecule has 0 aliphatic heterocycles. The predicted octanol–water partition coefficient (Wildman–Crippen LogP) is 5.31. The van der Waals surface area contributed by atoms with Crippen LogP contribution in [0.4, 0.5) is 20.6 Å². The van der Waals surface area contributed by atoms with Crippen LogP contribution in [0.25, 0.3) is 16.6 Å². The van der Waals surface area contributed by atoms with Crippen molar-refractivity contribution in [2.45, 2.75) is 13.0 Å². The lowest BCUT2D eigenvalue weighted by molar-refractivity contribution is -0.384. The molecule has 9 nitrogen and oxygen atoms in total. The summed E-state index contributed by atoms with van der Waals surface area (Å²) in [5.41, 5.74) is 0.290. The van der Waals surface area contributed by atoms with Gasteiger partial charge in [0.1, 0.15) is 16.7 Å². The van der Waals surface area contributed by atoms with Crippen molar-refractivity contribution < 1.29 is 14.1 Å². The van der Waals surface area contributed by atoms with Gasteiger partial charge in [0.15, 0.2) is 0 Å². The zero-order valence-electron chi connectivity index (χ0n) is 18.6. The first kappa shape index (κ1) is 23.8. The lowest BCUT2D eigenvalue weighted by Gasteiger charge is -2.27. The Morgan fingerprint density at radius 3 is 2.54 bits per heavy atom. The minimum atomic E-state index is -0.723. The molecule has 0 aliphatic rings. The smallest absolute Gasteiger partial charge is 0.318 e. The summed E-state index contributed by atoms with van der Waals surface area (Å²) < 4.78 is 14.9. The Hall–Kier alpha value is -4.31. The highest BCUT2D eigenvalue weighted by molar-refractivity contribution is 6.32. The summed E-state index contributed by atoms with van der Waals surface area (Å²) in [6.07, 6.45) is 0. The Kier molecular flexibility index (Phi) is 6.48. The van der Waals surface area contributed by atoms with Crippen LogP contribution in [-0.2, 0) is 0 Å². The minimum Gasteiger partial charge on any atom is -0.318 e. The number of urea groups is 1. The molecule has 0 radical (unpaired) electrons. The number of nitrogens with zero attached hydrogens (tertiary/aromatic N) is 4. The molecule has 0 saturated carbocycles. The van der Waals surface area contributed by atoms with Gasteiger partial charge in [-0.25, -0.2) is 14.2 Å². The van der Waals surface area contributed by atoms with E-state index in [-0.39, 0.29) is 27.8 Å². The van der Waals surface area contributed by atoms with Crippen molar-refractivity contribution in [3.05, 3.63) is 104 Å². The topological polar surface area (TPSA) is 110 Å². The van der Waals surface area contributed by atoms with Gasteiger partial charge < -0.3 is 10.2 Å². The number of nitrogens with one attached hydrogen (secondary N) is 1. The zero-order valence-corrected chi connectivity index (χ0v) is 19.4. The minimum absolute atomic E-state index is 0.0570. The fraction of sp³-hybridized carbons (Fsp3) is 0.125. The number of carbonyl (C=O) groups excluding carboxylic acids is 1. The van der Waals surface area contributed by atoms with Gasteiger partial charge in [-0.05, 0) is 55.5 Å². The summed E-state index contributed by atoms with van der Waals surface area (Å²) in [7, 11) is 1.50. The van der Waals surface area contributed by atoms with Gasteiger partial charge in [0.2, 0.25) is 0 Å². The number of hydrogen-bond acceptors (Lipinski definition) is 5. The number of anilines is 1. The van der Waals surface area contributed by atoms with Crippen molar-refractivity contribution in [2.24, 2.45) is 0 Å². The van der Waals surface area contributed by atoms with E-state index in [1.54, 1.807) is 31.2 Å². The summed E-state index contributed by atoms with van der Waals surface area (Å²) in [5.74, 6) is -0.209. The van der Waals surface area contributed by atoms with Gasteiger partial charge in [-0.3, -0.25) is 19.5 Å². The number of fused-ring (bicyclic) bond motifs is 1. The number of aromatic nitrogens is 2. The molecule has 4 rings (SSSR count). The Morgan fingerprint density at radius 1 is 1.17 bits per heavy atom. The van der Waals surface area contributed by atoms with Crippen LogP contribution in [0.3, 0.4) is 0 Å². The second-order valence-corrected chi connectivity index (χ2v) is 8.15. The van der Waals surface area contributed by atoms with Gasteiger partial charge in [0.05, 0.1) is 27.6 Å². The monoisotopic (exact) mass is 495 g/mol. The van der Waals surface area contributed by atoms with E-state index in [0.717, 1.165) is 6.07 Å². The van der Waals surface area contributed by atoms with Crippen molar-refractivity contribution >= 4 is 39.9 Å². The third-order valence-electron chi connectivity index (χ3n) is 5.56. The first-order valence-corrected chi connectivity index (χ1v) is 10.8. The fourth-order valence-electron chi connectivity index (χ4n) is 3.56. The molecule has 1 unspecified atom stereocenters. The Morgan fingerprint density at radius 2 is 1.86 bits per heavy atom. The van der Waals surface area contributed by atoms with Crippen LogP contribution < -0.4 is 10.9 Å². The molecule has 0 bridgehead atoms. The van der Waals surface area contributed by atoms with E-state index in [1.165, 1.54) is 52.9 Å². The first-order valence-electron chi connectivity index (χ1n) is 10.4. The lowest BCUT2D eigenvalue weighted by atomic mass is 10.2. The molecule has 1 aromatic heterocycles. The molecule has 1 N–H and O–H groups in total. The SMILES string of the molecule is CC(c1nc2ccccc2c(=O)n1-c1ccc(F)cc1)N(C)C(=O)Nc1ccc(Cl)c([N+](=O)[O-])c1. The maximum absolute atomic E-state index is 13.5. The van der Waals surface area contributed by atoms with Gasteiger partial charge in [0.25, 0.3) is 11.2 Å². The standard InChI is InChI=1S/C24H19ClFN5O4/c1-14(29(2)24(33)27-16-9-12-19(25)21(13-16)31(34)35)22-28-20-6-4-3-5-18(20)23(32)30(22)17-10-7-15(26)8-11-17/h3-14H,1-2H3,(H,27,33). The normalized spacial score (nSPS) is 11.8. The van der Waals surface area contributed by atoms with Crippen molar-refractivity contribution in [3.63, 3.8) is 0 Å². The molecule has 11 heteroatoms. The summed E-state index contributed by atoms with van der Waals surface area (Å²) in [6, 6.07) is 14.8. The number of halogens is 2. The molecule has 4 aromatic rings. The van der Waals surface area contributed by atoms with Crippen molar-refractivity contribution in [1.82, 2.24) is 14.5 Å². The Labute approximate surface area is 203 Å². The second-order valence-electron chi connectivity index (χ2n) is 7.74. The highest BCUT2D eigenvalue weighted by Gasteiger charge is 2.25. The quantitative estimate of drug-likeness (QED) is 0.298. The number of nitro benzene ring substituents is 1. The van der Waals surface area contributed by atoms with E-state index < -0.39 is 22.8 Å². The van der Waals surface area contributed by atoms with Crippen molar-refractivity contribution in [1.29, 1.82) is 0 Å². The maximum atomic E-state index is 13.5. The number of carbonyl (C=O) groups is 1. The van der Waals surface area contributed by atoms with Gasteiger partial charge in [-0.2, -0.15) is 0 Å². The number of benzene rings is 3. The number of para-hydroxylation sites is 1. The third kappa shape index (κ3) is 4.69. The molecule has 1 heterocycles. The zero-order chi connectivity index (χ0) is 25.3. The molecule has 0 aliphatic carbocycles. The number of rotatable bonds is 5. The second kappa shape index (κ2) is 9.51. The van der Waals surface area contributed by atoms with E-state index >= 15 is 0 Å². The molecule has 3 aromatic carbocycles. The van der Waals surface area contributed by atoms with Crippen molar-refractivity contribution in [2.75, 3.05) is 12.4 Å². The largest absolute Gasteiger partial charge is 0.322 e. The average Bonchev–Trinajstić information content (AvgIpc) is 2.84. The van der Waals surface area contributed by atoms with E-state index in [2.05, 4.69) is 10.3 Å². The Bertz CT molecular complexity index is 1510. The van der Waals surface area contributed by atoms with Crippen LogP contribution in [0.5, 0.6) is 0 Å². The van der Waals surface area contributed by atoms with Crippen LogP contribution in [0.1, 0.15) is 18.8 Å². The van der Waals surface area contributed by atoms with E-state index in [9.17, 15) is 24.1 Å². The van der Waals surface area contributed by atoms with Crippen LogP contribution in [0, 0.1) is 15.9 Å². The molecule has 0 fully saturated rings. The fourth-order valence-corrected chi connectivity index (χ4v) is 3.75. The van der Waals surface area contributed by atoms with Gasteiger partial charge in [-0.15, -0.1) is 0 Å². The van der Waals surface area contributed by atoms with Crippen LogP contribution >= 0.6 is 11.6 Å². The molecular weight excluding hydrogens is 477 g/mol. The molecular formula is C24H19ClFN5O4. The summed E-state index contributed by atoms with van der Waals surface area (Å²) in [6.45, 7) is 1.68. The van der Waals surface area contributed by atoms with Crippen molar-refractivity contribution in [3.8, 4) is 5.69 Å². The molecule has 178 valence electrons. The highest BCUT2D eigenvalue weighted by Crippen LogP contribution is 2.28. The van der Waals surface area contributed by atoms with Gasteiger partial charge >= 0.3 is 6.03 Å². The van der Waals surface area contributed by atoms with Crippen LogP contribution in [-0.4, -0.2) is 32.5 Å². The molecule has 35 heavy (non-hydrogen) atoms. The highest BCUT2D eigenvalue weighted by atomic mass is 35.5. The van der Waals surface area contributed by atoms with Crippen LogP contribution in [0.2, 0.25) is 5.02 Å². The maximum Gasteiger partial charge on any atom is 0.322 e. The first-order chi connectivity index (χ1) is 16.7. The molecule has 0 saturated heterocycles. The molecule has 1 atom stereocenters. The number of amides is 2. The number of hydrogen-bond donors (Lipinski definition) is 1. The van der Waals surface area contributed by atoms with E-state index in [4.69, 9.17) is 11.6 Å². The van der Waals surface area contributed by atoms with E-state index in [1.807, 2.05) is 0 Å². The molecule has 2 amide bonds. The number of nitro groups is 1. The molecule has 0 spiro atoms. The summed E-state index contributed by atoms with van der Waals surface area (Å²) in [4.78, 5) is 42.8. The van der Waals surface area contributed by atoms with Gasteiger partial charge in [-0.1, -0.05) is 23.7 Å².